The van der Waals surface area contributed by atoms with Crippen molar-refractivity contribution < 1.29 is 18.6 Å². The third-order valence-corrected chi connectivity index (χ3v) is 4.07. The summed E-state index contributed by atoms with van der Waals surface area (Å²) in [6.07, 6.45) is 1.83. The van der Waals surface area contributed by atoms with E-state index in [9.17, 15) is 4.39 Å². The molecule has 0 aromatic heterocycles. The Morgan fingerprint density at radius 1 is 1.07 bits per heavy atom. The molecule has 0 bridgehead atoms. The average molecular weight is 373 g/mol. The minimum Gasteiger partial charge on any atom is -0.494 e. The Labute approximate surface area is 158 Å². The molecular weight excluding hydrogens is 349 g/mol. The van der Waals surface area contributed by atoms with Gasteiger partial charge in [0.25, 0.3) is 0 Å². The standard InChI is InChI=1S/C20H24FN3O3/c1-22-20(24-13-15-4-9-18-19(12-15)27-14-26-18)23-10-2-3-11-25-17-7-5-16(21)6-8-17/h4-9,12H,2-3,10-11,13-14H2,1H3,(H2,22,23,24). The van der Waals surface area contributed by atoms with Crippen molar-refractivity contribution in [2.45, 2.75) is 19.4 Å². The summed E-state index contributed by atoms with van der Waals surface area (Å²) in [7, 11) is 1.74. The van der Waals surface area contributed by atoms with Crippen molar-refractivity contribution in [3.63, 3.8) is 0 Å². The maximum absolute atomic E-state index is 12.8. The van der Waals surface area contributed by atoms with Crippen LogP contribution in [0.4, 0.5) is 4.39 Å². The zero-order valence-electron chi connectivity index (χ0n) is 15.3. The molecule has 27 heavy (non-hydrogen) atoms. The van der Waals surface area contributed by atoms with Gasteiger partial charge in [-0.15, -0.1) is 0 Å². The molecule has 0 saturated carbocycles. The van der Waals surface area contributed by atoms with E-state index in [0.717, 1.165) is 42.4 Å². The van der Waals surface area contributed by atoms with Gasteiger partial charge in [-0.25, -0.2) is 4.39 Å². The van der Waals surface area contributed by atoms with Gasteiger partial charge >= 0.3 is 0 Å². The highest BCUT2D eigenvalue weighted by Gasteiger charge is 2.13. The molecule has 6 nitrogen and oxygen atoms in total. The van der Waals surface area contributed by atoms with Gasteiger partial charge in [-0.3, -0.25) is 4.99 Å². The fourth-order valence-electron chi connectivity index (χ4n) is 2.61. The molecule has 2 aromatic rings. The molecule has 0 saturated heterocycles. The lowest BCUT2D eigenvalue weighted by molar-refractivity contribution is 0.174. The van der Waals surface area contributed by atoms with Crippen LogP contribution in [0.3, 0.4) is 0 Å². The predicted molar refractivity (Wildman–Crippen MR) is 102 cm³/mol. The molecule has 0 aliphatic carbocycles. The van der Waals surface area contributed by atoms with Crippen LogP contribution in [0.25, 0.3) is 0 Å². The van der Waals surface area contributed by atoms with E-state index >= 15 is 0 Å². The van der Waals surface area contributed by atoms with Crippen molar-refractivity contribution in [1.82, 2.24) is 10.6 Å². The number of nitrogens with zero attached hydrogens (tertiary/aromatic N) is 1. The van der Waals surface area contributed by atoms with Crippen LogP contribution in [0.1, 0.15) is 18.4 Å². The van der Waals surface area contributed by atoms with Crippen molar-refractivity contribution in [3.05, 3.63) is 53.8 Å². The van der Waals surface area contributed by atoms with Gasteiger partial charge in [0.05, 0.1) is 6.61 Å². The average Bonchev–Trinajstić information content (AvgIpc) is 3.16. The van der Waals surface area contributed by atoms with E-state index < -0.39 is 0 Å². The quantitative estimate of drug-likeness (QED) is 0.423. The smallest absolute Gasteiger partial charge is 0.231 e. The minimum atomic E-state index is -0.258. The first-order chi connectivity index (χ1) is 13.2. The number of ether oxygens (including phenoxy) is 3. The number of nitrogens with one attached hydrogen (secondary N) is 2. The summed E-state index contributed by atoms with van der Waals surface area (Å²) in [4.78, 5) is 4.22. The number of benzene rings is 2. The lowest BCUT2D eigenvalue weighted by Gasteiger charge is -2.12. The zero-order valence-corrected chi connectivity index (χ0v) is 15.3. The van der Waals surface area contributed by atoms with Crippen LogP contribution in [0.15, 0.2) is 47.5 Å². The molecule has 144 valence electrons. The summed E-state index contributed by atoms with van der Waals surface area (Å²) in [6, 6.07) is 11.9. The van der Waals surface area contributed by atoms with E-state index in [1.165, 1.54) is 12.1 Å². The summed E-state index contributed by atoms with van der Waals surface area (Å²) < 4.78 is 29.1. The molecule has 1 aliphatic rings. The second kappa shape index (κ2) is 9.66. The van der Waals surface area contributed by atoms with Crippen LogP contribution in [-0.2, 0) is 6.54 Å². The van der Waals surface area contributed by atoms with Gasteiger partial charge in [0.15, 0.2) is 17.5 Å². The van der Waals surface area contributed by atoms with Gasteiger partial charge in [-0.2, -0.15) is 0 Å². The number of rotatable bonds is 8. The Bertz CT molecular complexity index is 766. The molecule has 0 atom stereocenters. The number of aliphatic imine (C=N–C) groups is 1. The summed E-state index contributed by atoms with van der Waals surface area (Å²) in [6.45, 7) is 2.30. The Balaban J connectivity index is 1.30. The third-order valence-electron chi connectivity index (χ3n) is 4.07. The van der Waals surface area contributed by atoms with Crippen molar-refractivity contribution >= 4 is 5.96 Å². The molecule has 1 aliphatic heterocycles. The molecule has 0 amide bonds. The third kappa shape index (κ3) is 5.77. The molecular formula is C20H24FN3O3. The van der Waals surface area contributed by atoms with Gasteiger partial charge in [-0.05, 0) is 54.8 Å². The van der Waals surface area contributed by atoms with Crippen LogP contribution in [0, 0.1) is 5.82 Å². The number of fused-ring (bicyclic) bond motifs is 1. The van der Waals surface area contributed by atoms with E-state index in [1.54, 1.807) is 19.2 Å². The van der Waals surface area contributed by atoms with Crippen molar-refractivity contribution in [2.24, 2.45) is 4.99 Å². The highest BCUT2D eigenvalue weighted by Crippen LogP contribution is 2.32. The maximum Gasteiger partial charge on any atom is 0.231 e. The minimum absolute atomic E-state index is 0.258. The lowest BCUT2D eigenvalue weighted by Crippen LogP contribution is -2.37. The topological polar surface area (TPSA) is 64.1 Å². The van der Waals surface area contributed by atoms with Crippen LogP contribution in [-0.4, -0.2) is 33.0 Å². The molecule has 1 heterocycles. The number of unbranched alkanes of at least 4 members (excludes halogenated alkanes) is 1. The lowest BCUT2D eigenvalue weighted by atomic mass is 10.2. The SMILES string of the molecule is CN=C(NCCCCOc1ccc(F)cc1)NCc1ccc2c(c1)OCO2. The van der Waals surface area contributed by atoms with E-state index in [1.807, 2.05) is 18.2 Å². The van der Waals surface area contributed by atoms with E-state index in [4.69, 9.17) is 14.2 Å². The predicted octanol–water partition coefficient (Wildman–Crippen LogP) is 3.08. The van der Waals surface area contributed by atoms with Gasteiger partial charge in [0, 0.05) is 20.1 Å². The fourth-order valence-corrected chi connectivity index (χ4v) is 2.61. The first kappa shape index (κ1) is 18.8. The Kier molecular flexibility index (Phi) is 6.73. The molecule has 2 aromatic carbocycles. The van der Waals surface area contributed by atoms with Crippen LogP contribution >= 0.6 is 0 Å². The highest BCUT2D eigenvalue weighted by atomic mass is 19.1. The van der Waals surface area contributed by atoms with Crippen molar-refractivity contribution in [2.75, 3.05) is 27.0 Å². The van der Waals surface area contributed by atoms with E-state index in [2.05, 4.69) is 15.6 Å². The van der Waals surface area contributed by atoms with Crippen LogP contribution in [0.2, 0.25) is 0 Å². The fraction of sp³-hybridized carbons (Fsp3) is 0.350. The highest BCUT2D eigenvalue weighted by molar-refractivity contribution is 5.79. The van der Waals surface area contributed by atoms with Crippen molar-refractivity contribution in [3.8, 4) is 17.2 Å². The van der Waals surface area contributed by atoms with Crippen LogP contribution < -0.4 is 24.8 Å². The first-order valence-electron chi connectivity index (χ1n) is 8.96. The Morgan fingerprint density at radius 3 is 2.70 bits per heavy atom. The van der Waals surface area contributed by atoms with Gasteiger partial charge < -0.3 is 24.8 Å². The maximum atomic E-state index is 12.8. The Morgan fingerprint density at radius 2 is 1.89 bits per heavy atom. The Hall–Kier alpha value is -2.96. The van der Waals surface area contributed by atoms with Gasteiger partial charge in [-0.1, -0.05) is 6.07 Å². The molecule has 3 rings (SSSR count). The zero-order chi connectivity index (χ0) is 18.9. The molecule has 0 radical (unpaired) electrons. The molecule has 7 heteroatoms. The number of halogens is 1. The van der Waals surface area contributed by atoms with E-state index in [0.29, 0.717) is 18.9 Å². The summed E-state index contributed by atoms with van der Waals surface area (Å²) in [5.41, 5.74) is 1.09. The number of hydrogen-bond donors (Lipinski definition) is 2. The summed E-state index contributed by atoms with van der Waals surface area (Å²) >= 11 is 0. The van der Waals surface area contributed by atoms with Crippen molar-refractivity contribution in [1.29, 1.82) is 0 Å². The molecule has 2 N–H and O–H groups in total. The monoisotopic (exact) mass is 373 g/mol. The summed E-state index contributed by atoms with van der Waals surface area (Å²) in [5, 5.41) is 6.55. The van der Waals surface area contributed by atoms with Gasteiger partial charge in [0.1, 0.15) is 11.6 Å². The van der Waals surface area contributed by atoms with Crippen LogP contribution in [0.5, 0.6) is 17.2 Å². The largest absolute Gasteiger partial charge is 0.494 e. The first-order valence-corrected chi connectivity index (χ1v) is 8.96. The summed E-state index contributed by atoms with van der Waals surface area (Å²) in [5.74, 6) is 2.73. The second-order valence-corrected chi connectivity index (χ2v) is 6.05. The van der Waals surface area contributed by atoms with Gasteiger partial charge in [0.2, 0.25) is 6.79 Å². The molecule has 0 unspecified atom stereocenters. The second-order valence-electron chi connectivity index (χ2n) is 6.05. The van der Waals surface area contributed by atoms with E-state index in [-0.39, 0.29) is 12.6 Å². The number of guanidine groups is 1. The molecule has 0 spiro atoms. The normalized spacial score (nSPS) is 12.7. The number of hydrogen-bond acceptors (Lipinski definition) is 4. The molecule has 0 fully saturated rings.